The Balaban J connectivity index is 2.29. The first-order valence-electron chi connectivity index (χ1n) is 6.24. The zero-order valence-corrected chi connectivity index (χ0v) is 11.0. The summed E-state index contributed by atoms with van der Waals surface area (Å²) in [6, 6.07) is 10.8. The maximum atomic E-state index is 13.6. The summed E-state index contributed by atoms with van der Waals surface area (Å²) in [5.41, 5.74) is 1.70. The largest absolute Gasteiger partial charge is 0.508 e. The number of benzene rings is 2. The lowest BCUT2D eigenvalue weighted by molar-refractivity contribution is -0.138. The molecule has 0 amide bonds. The number of aryl methyl sites for hydroxylation is 1. The molecule has 1 unspecified atom stereocenters. The quantitative estimate of drug-likeness (QED) is 0.899. The van der Waals surface area contributed by atoms with E-state index in [2.05, 4.69) is 0 Å². The van der Waals surface area contributed by atoms with Crippen molar-refractivity contribution in [2.75, 3.05) is 0 Å². The molecule has 0 saturated heterocycles. The van der Waals surface area contributed by atoms with E-state index in [0.29, 0.717) is 11.1 Å². The molecule has 3 nitrogen and oxygen atoms in total. The van der Waals surface area contributed by atoms with Crippen LogP contribution in [0.2, 0.25) is 0 Å². The van der Waals surface area contributed by atoms with Gasteiger partial charge in [-0.15, -0.1) is 0 Å². The van der Waals surface area contributed by atoms with Crippen molar-refractivity contribution in [3.8, 4) is 5.75 Å². The minimum atomic E-state index is -0.999. The van der Waals surface area contributed by atoms with Gasteiger partial charge in [0.15, 0.2) is 0 Å². The maximum Gasteiger partial charge on any atom is 0.311 e. The van der Waals surface area contributed by atoms with Crippen molar-refractivity contribution in [1.82, 2.24) is 0 Å². The van der Waals surface area contributed by atoms with Gasteiger partial charge in [0.25, 0.3) is 0 Å². The van der Waals surface area contributed by atoms with Crippen molar-refractivity contribution in [2.24, 2.45) is 0 Å². The molecular weight excluding hydrogens is 259 g/mol. The number of carboxylic acid groups (broad SMARTS) is 1. The predicted octanol–water partition coefficient (Wildman–Crippen LogP) is 3.25. The highest BCUT2D eigenvalue weighted by molar-refractivity contribution is 5.76. The van der Waals surface area contributed by atoms with Crippen LogP contribution in [0.4, 0.5) is 4.39 Å². The number of carbonyl (C=O) groups is 1. The second kappa shape index (κ2) is 5.74. The molecule has 0 radical (unpaired) electrons. The zero-order chi connectivity index (χ0) is 14.7. The number of phenols is 1. The fourth-order valence-electron chi connectivity index (χ4n) is 2.04. The van der Waals surface area contributed by atoms with Crippen molar-refractivity contribution in [2.45, 2.75) is 19.3 Å². The van der Waals surface area contributed by atoms with Gasteiger partial charge in [-0.3, -0.25) is 4.79 Å². The van der Waals surface area contributed by atoms with E-state index < -0.39 is 17.7 Å². The van der Waals surface area contributed by atoms with Gasteiger partial charge in [0.1, 0.15) is 11.6 Å². The highest BCUT2D eigenvalue weighted by atomic mass is 19.1. The van der Waals surface area contributed by atoms with Crippen LogP contribution in [0.1, 0.15) is 22.6 Å². The third kappa shape index (κ3) is 3.15. The topological polar surface area (TPSA) is 57.5 Å². The molecule has 2 N–H and O–H groups in total. The Kier molecular flexibility index (Phi) is 4.03. The number of phenolic OH excluding ortho intramolecular Hbond substituents is 1. The van der Waals surface area contributed by atoms with Gasteiger partial charge in [-0.05, 0) is 48.2 Å². The van der Waals surface area contributed by atoms with Crippen LogP contribution in [0.5, 0.6) is 5.75 Å². The summed E-state index contributed by atoms with van der Waals surface area (Å²) in [5.74, 6) is -2.09. The highest BCUT2D eigenvalue weighted by Crippen LogP contribution is 2.24. The number of carboxylic acids is 1. The Hall–Kier alpha value is -2.36. The average Bonchev–Trinajstić information content (AvgIpc) is 2.41. The van der Waals surface area contributed by atoms with Gasteiger partial charge in [0.05, 0.1) is 5.92 Å². The van der Waals surface area contributed by atoms with Crippen LogP contribution in [0.15, 0.2) is 42.5 Å². The normalized spacial score (nSPS) is 12.1. The molecule has 4 heteroatoms. The molecule has 2 aromatic carbocycles. The molecular formula is C16H15FO3. The zero-order valence-electron chi connectivity index (χ0n) is 11.0. The first-order chi connectivity index (χ1) is 9.47. The van der Waals surface area contributed by atoms with E-state index in [9.17, 15) is 19.4 Å². The number of rotatable bonds is 4. The van der Waals surface area contributed by atoms with Crippen LogP contribution in [0.3, 0.4) is 0 Å². The van der Waals surface area contributed by atoms with Crippen LogP contribution in [-0.2, 0) is 11.2 Å². The van der Waals surface area contributed by atoms with Crippen molar-refractivity contribution in [3.05, 3.63) is 65.0 Å². The predicted molar refractivity (Wildman–Crippen MR) is 73.3 cm³/mol. The fourth-order valence-corrected chi connectivity index (χ4v) is 2.04. The highest BCUT2D eigenvalue weighted by Gasteiger charge is 2.21. The van der Waals surface area contributed by atoms with E-state index in [1.165, 1.54) is 18.2 Å². The van der Waals surface area contributed by atoms with Crippen molar-refractivity contribution in [1.29, 1.82) is 0 Å². The van der Waals surface area contributed by atoms with E-state index >= 15 is 0 Å². The van der Waals surface area contributed by atoms with Crippen molar-refractivity contribution < 1.29 is 19.4 Å². The standard InChI is InChI=1S/C16H15FO3/c1-10-2-5-12(9-15(10)17)14(16(19)20)8-11-3-6-13(18)7-4-11/h2-7,9,14,18H,8H2,1H3,(H,19,20). The van der Waals surface area contributed by atoms with E-state index in [4.69, 9.17) is 0 Å². The average molecular weight is 274 g/mol. The Morgan fingerprint density at radius 1 is 1.20 bits per heavy atom. The Morgan fingerprint density at radius 3 is 2.40 bits per heavy atom. The number of hydrogen-bond acceptors (Lipinski definition) is 2. The lowest BCUT2D eigenvalue weighted by Gasteiger charge is -2.13. The molecule has 0 aliphatic rings. The summed E-state index contributed by atoms with van der Waals surface area (Å²) < 4.78 is 13.6. The summed E-state index contributed by atoms with van der Waals surface area (Å²) in [6.07, 6.45) is 0.248. The SMILES string of the molecule is Cc1ccc(C(Cc2ccc(O)cc2)C(=O)O)cc1F. The maximum absolute atomic E-state index is 13.6. The van der Waals surface area contributed by atoms with Gasteiger partial charge < -0.3 is 10.2 Å². The molecule has 2 aromatic rings. The van der Waals surface area contributed by atoms with Crippen LogP contribution in [0, 0.1) is 12.7 Å². The summed E-state index contributed by atoms with van der Waals surface area (Å²) in [6.45, 7) is 1.63. The molecule has 0 heterocycles. The number of hydrogen-bond donors (Lipinski definition) is 2. The Labute approximate surface area is 116 Å². The third-order valence-electron chi connectivity index (χ3n) is 3.27. The Bertz CT molecular complexity index is 620. The lowest BCUT2D eigenvalue weighted by Crippen LogP contribution is -2.14. The smallest absolute Gasteiger partial charge is 0.311 e. The molecule has 104 valence electrons. The monoisotopic (exact) mass is 274 g/mol. The minimum Gasteiger partial charge on any atom is -0.508 e. The van der Waals surface area contributed by atoms with Gasteiger partial charge in [0.2, 0.25) is 0 Å². The molecule has 1 atom stereocenters. The Morgan fingerprint density at radius 2 is 1.85 bits per heavy atom. The van der Waals surface area contributed by atoms with Crippen LogP contribution in [-0.4, -0.2) is 16.2 Å². The van der Waals surface area contributed by atoms with E-state index in [1.807, 2.05) is 0 Å². The molecule has 0 aromatic heterocycles. The van der Waals surface area contributed by atoms with Crippen LogP contribution in [0.25, 0.3) is 0 Å². The minimum absolute atomic E-state index is 0.127. The number of aliphatic carboxylic acids is 1. The fraction of sp³-hybridized carbons (Fsp3) is 0.188. The van der Waals surface area contributed by atoms with E-state index in [0.717, 1.165) is 5.56 Å². The lowest BCUT2D eigenvalue weighted by atomic mass is 9.91. The first-order valence-corrected chi connectivity index (χ1v) is 6.24. The first kappa shape index (κ1) is 14.1. The summed E-state index contributed by atoms with van der Waals surface area (Å²) >= 11 is 0. The number of aromatic hydroxyl groups is 1. The van der Waals surface area contributed by atoms with E-state index in [-0.39, 0.29) is 12.2 Å². The second-order valence-electron chi connectivity index (χ2n) is 4.77. The van der Waals surface area contributed by atoms with Gasteiger partial charge in [0, 0.05) is 0 Å². The third-order valence-corrected chi connectivity index (χ3v) is 3.27. The second-order valence-corrected chi connectivity index (χ2v) is 4.77. The summed E-state index contributed by atoms with van der Waals surface area (Å²) in [4.78, 5) is 11.4. The molecule has 0 fully saturated rings. The summed E-state index contributed by atoms with van der Waals surface area (Å²) in [5, 5.41) is 18.5. The molecule has 0 aliphatic carbocycles. The molecule has 0 bridgehead atoms. The van der Waals surface area contributed by atoms with Crippen molar-refractivity contribution in [3.63, 3.8) is 0 Å². The molecule has 20 heavy (non-hydrogen) atoms. The number of halogens is 1. The van der Waals surface area contributed by atoms with Crippen molar-refractivity contribution >= 4 is 5.97 Å². The van der Waals surface area contributed by atoms with Crippen LogP contribution < -0.4 is 0 Å². The van der Waals surface area contributed by atoms with Gasteiger partial charge in [-0.2, -0.15) is 0 Å². The molecule has 2 rings (SSSR count). The molecule has 0 saturated carbocycles. The van der Waals surface area contributed by atoms with Crippen LogP contribution >= 0.6 is 0 Å². The van der Waals surface area contributed by atoms with Gasteiger partial charge in [-0.25, -0.2) is 4.39 Å². The molecule has 0 aliphatic heterocycles. The van der Waals surface area contributed by atoms with Gasteiger partial charge >= 0.3 is 5.97 Å². The summed E-state index contributed by atoms with van der Waals surface area (Å²) in [7, 11) is 0. The molecule has 0 spiro atoms. The van der Waals surface area contributed by atoms with E-state index in [1.54, 1.807) is 31.2 Å². The van der Waals surface area contributed by atoms with Gasteiger partial charge in [-0.1, -0.05) is 24.3 Å².